The SMILES string of the molecule is O=C(Cn1cc2c(c1)C(=O)CCC2)NC1CCCCCC1. The van der Waals surface area contributed by atoms with Gasteiger partial charge in [-0.3, -0.25) is 9.59 Å². The van der Waals surface area contributed by atoms with Crippen molar-refractivity contribution in [3.8, 4) is 0 Å². The summed E-state index contributed by atoms with van der Waals surface area (Å²) in [7, 11) is 0. The molecule has 1 aromatic heterocycles. The predicted molar refractivity (Wildman–Crippen MR) is 81.3 cm³/mol. The van der Waals surface area contributed by atoms with Crippen molar-refractivity contribution in [2.75, 3.05) is 0 Å². The van der Waals surface area contributed by atoms with Crippen molar-refractivity contribution in [1.29, 1.82) is 0 Å². The van der Waals surface area contributed by atoms with E-state index in [1.165, 1.54) is 25.7 Å². The number of fused-ring (bicyclic) bond motifs is 1. The second-order valence-electron chi connectivity index (χ2n) is 6.40. The summed E-state index contributed by atoms with van der Waals surface area (Å²) < 4.78 is 1.87. The lowest BCUT2D eigenvalue weighted by Gasteiger charge is -2.16. The Labute approximate surface area is 125 Å². The van der Waals surface area contributed by atoms with Gasteiger partial charge in [-0.2, -0.15) is 0 Å². The molecule has 1 amide bonds. The van der Waals surface area contributed by atoms with Gasteiger partial charge in [-0.1, -0.05) is 25.7 Å². The van der Waals surface area contributed by atoms with Crippen LogP contribution in [0.3, 0.4) is 0 Å². The van der Waals surface area contributed by atoms with Crippen molar-refractivity contribution in [2.45, 2.75) is 70.4 Å². The van der Waals surface area contributed by atoms with Crippen molar-refractivity contribution in [2.24, 2.45) is 0 Å². The van der Waals surface area contributed by atoms with Crippen LogP contribution in [0.5, 0.6) is 0 Å². The fraction of sp³-hybridized carbons (Fsp3) is 0.647. The molecule has 4 nitrogen and oxygen atoms in total. The average Bonchev–Trinajstić information content (AvgIpc) is 2.69. The molecule has 3 rings (SSSR count). The fourth-order valence-corrected chi connectivity index (χ4v) is 3.53. The Balaban J connectivity index is 1.58. The number of amides is 1. The summed E-state index contributed by atoms with van der Waals surface area (Å²) in [6.07, 6.45) is 13.6. The van der Waals surface area contributed by atoms with Gasteiger partial charge in [0.05, 0.1) is 0 Å². The first kappa shape index (κ1) is 14.4. The van der Waals surface area contributed by atoms with Crippen LogP contribution in [-0.4, -0.2) is 22.3 Å². The van der Waals surface area contributed by atoms with E-state index in [1.807, 2.05) is 17.0 Å². The number of aryl methyl sites for hydroxylation is 1. The monoisotopic (exact) mass is 288 g/mol. The molecule has 0 aromatic carbocycles. The molecular formula is C17H24N2O2. The molecule has 21 heavy (non-hydrogen) atoms. The van der Waals surface area contributed by atoms with Crippen LogP contribution in [0.15, 0.2) is 12.4 Å². The Morgan fingerprint density at radius 1 is 1.10 bits per heavy atom. The summed E-state index contributed by atoms with van der Waals surface area (Å²) in [5.41, 5.74) is 1.93. The molecule has 2 aliphatic carbocycles. The normalized spacial score (nSPS) is 19.9. The lowest BCUT2D eigenvalue weighted by Crippen LogP contribution is -2.36. The zero-order valence-corrected chi connectivity index (χ0v) is 12.6. The molecule has 0 spiro atoms. The lowest BCUT2D eigenvalue weighted by atomic mass is 9.95. The zero-order valence-electron chi connectivity index (χ0n) is 12.6. The summed E-state index contributed by atoms with van der Waals surface area (Å²) in [6, 6.07) is 0.340. The first-order valence-electron chi connectivity index (χ1n) is 8.23. The van der Waals surface area contributed by atoms with Crippen molar-refractivity contribution < 1.29 is 9.59 Å². The van der Waals surface area contributed by atoms with Crippen LogP contribution >= 0.6 is 0 Å². The summed E-state index contributed by atoms with van der Waals surface area (Å²) >= 11 is 0. The smallest absolute Gasteiger partial charge is 0.240 e. The van der Waals surface area contributed by atoms with E-state index in [-0.39, 0.29) is 11.7 Å². The van der Waals surface area contributed by atoms with Crippen LogP contribution in [0.25, 0.3) is 0 Å². The van der Waals surface area contributed by atoms with Gasteiger partial charge in [0.25, 0.3) is 0 Å². The van der Waals surface area contributed by atoms with E-state index in [2.05, 4.69) is 5.32 Å². The van der Waals surface area contributed by atoms with Gasteiger partial charge in [-0.25, -0.2) is 0 Å². The standard InChI is InChI=1S/C17H24N2O2/c20-16-9-5-6-13-10-19(11-15(13)16)12-17(21)18-14-7-3-1-2-4-8-14/h10-11,14H,1-9,12H2,(H,18,21). The molecule has 0 atom stereocenters. The molecule has 0 radical (unpaired) electrons. The van der Waals surface area contributed by atoms with Gasteiger partial charge in [0.2, 0.25) is 5.91 Å². The predicted octanol–water partition coefficient (Wildman–Crippen LogP) is 2.85. The van der Waals surface area contributed by atoms with Gasteiger partial charge in [-0.15, -0.1) is 0 Å². The number of carbonyl (C=O) groups excluding carboxylic acids is 2. The number of carbonyl (C=O) groups is 2. The van der Waals surface area contributed by atoms with Crippen molar-refractivity contribution >= 4 is 11.7 Å². The maximum Gasteiger partial charge on any atom is 0.240 e. The van der Waals surface area contributed by atoms with E-state index in [1.54, 1.807) is 0 Å². The number of rotatable bonds is 3. The van der Waals surface area contributed by atoms with Crippen LogP contribution in [0, 0.1) is 0 Å². The summed E-state index contributed by atoms with van der Waals surface area (Å²) in [5, 5.41) is 3.15. The first-order valence-corrected chi connectivity index (χ1v) is 8.23. The highest BCUT2D eigenvalue weighted by molar-refractivity contribution is 5.98. The molecule has 1 saturated carbocycles. The highest BCUT2D eigenvalue weighted by atomic mass is 16.2. The minimum Gasteiger partial charge on any atom is -0.352 e. The number of nitrogens with zero attached hydrogens (tertiary/aromatic N) is 1. The molecule has 0 unspecified atom stereocenters. The Kier molecular flexibility index (Phi) is 4.42. The number of hydrogen-bond acceptors (Lipinski definition) is 2. The van der Waals surface area contributed by atoms with E-state index in [0.717, 1.165) is 36.8 Å². The molecule has 1 heterocycles. The molecule has 114 valence electrons. The molecule has 2 aliphatic rings. The van der Waals surface area contributed by atoms with Crippen LogP contribution in [0.4, 0.5) is 0 Å². The quantitative estimate of drug-likeness (QED) is 0.870. The molecular weight excluding hydrogens is 264 g/mol. The van der Waals surface area contributed by atoms with Crippen LogP contribution in [-0.2, 0) is 17.8 Å². The molecule has 1 fully saturated rings. The van der Waals surface area contributed by atoms with Gasteiger partial charge in [0, 0.05) is 30.4 Å². The molecule has 4 heteroatoms. The Bertz CT molecular complexity index is 525. The maximum absolute atomic E-state index is 12.2. The van der Waals surface area contributed by atoms with Crippen molar-refractivity contribution in [3.05, 3.63) is 23.5 Å². The van der Waals surface area contributed by atoms with E-state index in [4.69, 9.17) is 0 Å². The summed E-state index contributed by atoms with van der Waals surface area (Å²) in [4.78, 5) is 24.0. The Morgan fingerprint density at radius 3 is 2.57 bits per heavy atom. The van der Waals surface area contributed by atoms with E-state index < -0.39 is 0 Å². The summed E-state index contributed by atoms with van der Waals surface area (Å²) in [5.74, 6) is 0.292. The third kappa shape index (κ3) is 3.55. The highest BCUT2D eigenvalue weighted by Crippen LogP contribution is 2.22. The molecule has 1 aromatic rings. The Hall–Kier alpha value is -1.58. The van der Waals surface area contributed by atoms with Crippen LogP contribution in [0.2, 0.25) is 0 Å². The number of hydrogen-bond donors (Lipinski definition) is 1. The fourth-order valence-electron chi connectivity index (χ4n) is 3.53. The molecule has 0 saturated heterocycles. The van der Waals surface area contributed by atoms with Gasteiger partial charge < -0.3 is 9.88 Å². The minimum absolute atomic E-state index is 0.0710. The molecule has 0 aliphatic heterocycles. The Morgan fingerprint density at radius 2 is 1.86 bits per heavy atom. The van der Waals surface area contributed by atoms with E-state index >= 15 is 0 Å². The molecule has 0 bridgehead atoms. The van der Waals surface area contributed by atoms with Gasteiger partial charge in [-0.05, 0) is 31.2 Å². The van der Waals surface area contributed by atoms with Crippen molar-refractivity contribution in [3.63, 3.8) is 0 Å². The maximum atomic E-state index is 12.2. The van der Waals surface area contributed by atoms with Crippen LogP contribution < -0.4 is 5.32 Å². The van der Waals surface area contributed by atoms with Crippen LogP contribution in [0.1, 0.15) is 67.3 Å². The van der Waals surface area contributed by atoms with Gasteiger partial charge in [0.1, 0.15) is 6.54 Å². The lowest BCUT2D eigenvalue weighted by molar-refractivity contribution is -0.122. The summed E-state index contributed by atoms with van der Waals surface area (Å²) in [6.45, 7) is 0.330. The average molecular weight is 288 g/mol. The number of nitrogens with one attached hydrogen (secondary N) is 1. The third-order valence-corrected chi connectivity index (χ3v) is 4.66. The van der Waals surface area contributed by atoms with Gasteiger partial charge >= 0.3 is 0 Å². The topological polar surface area (TPSA) is 51.1 Å². The largest absolute Gasteiger partial charge is 0.352 e. The first-order chi connectivity index (χ1) is 10.2. The van der Waals surface area contributed by atoms with Gasteiger partial charge in [0.15, 0.2) is 5.78 Å². The second kappa shape index (κ2) is 6.46. The van der Waals surface area contributed by atoms with E-state index in [0.29, 0.717) is 19.0 Å². The van der Waals surface area contributed by atoms with E-state index in [9.17, 15) is 9.59 Å². The minimum atomic E-state index is 0.0710. The zero-order chi connectivity index (χ0) is 14.7. The molecule has 1 N–H and O–H groups in total. The number of Topliss-reactive ketones (excluding diaryl/α,β-unsaturated/α-hetero) is 1. The third-order valence-electron chi connectivity index (χ3n) is 4.66. The van der Waals surface area contributed by atoms with Crippen molar-refractivity contribution in [1.82, 2.24) is 9.88 Å². The highest BCUT2D eigenvalue weighted by Gasteiger charge is 2.20. The number of ketones is 1. The number of aromatic nitrogens is 1. The second-order valence-corrected chi connectivity index (χ2v) is 6.40.